The fourth-order valence-corrected chi connectivity index (χ4v) is 1.63. The molecule has 0 saturated carbocycles. The van der Waals surface area contributed by atoms with Crippen molar-refractivity contribution in [1.82, 2.24) is 5.48 Å². The average Bonchev–Trinajstić information content (AvgIpc) is 2.40. The van der Waals surface area contributed by atoms with Gasteiger partial charge in [-0.15, -0.1) is 0 Å². The van der Waals surface area contributed by atoms with Crippen LogP contribution >= 0.6 is 0 Å². The van der Waals surface area contributed by atoms with Crippen LogP contribution in [0.15, 0.2) is 54.6 Å². The summed E-state index contributed by atoms with van der Waals surface area (Å²) in [6, 6.07) is 16.1. The molecule has 2 aromatic rings. The predicted octanol–water partition coefficient (Wildman–Crippen LogP) is 3.47. The maximum atomic E-state index is 12.9. The SMILES string of the molecule is CONC(=Cc1ccccc1)c1ccc(F)cc1. The van der Waals surface area contributed by atoms with Crippen molar-refractivity contribution in [2.45, 2.75) is 0 Å². The summed E-state index contributed by atoms with van der Waals surface area (Å²) in [6.07, 6.45) is 1.94. The molecule has 0 radical (unpaired) electrons. The number of benzene rings is 2. The molecule has 2 aromatic carbocycles. The zero-order chi connectivity index (χ0) is 12.8. The minimum Gasteiger partial charge on any atom is -0.279 e. The van der Waals surface area contributed by atoms with Gasteiger partial charge in [0.05, 0.1) is 12.8 Å². The van der Waals surface area contributed by atoms with E-state index < -0.39 is 0 Å². The lowest BCUT2D eigenvalue weighted by atomic mass is 10.1. The second-order valence-electron chi connectivity index (χ2n) is 3.78. The highest BCUT2D eigenvalue weighted by Crippen LogP contribution is 2.16. The van der Waals surface area contributed by atoms with Crippen molar-refractivity contribution < 1.29 is 9.23 Å². The molecule has 3 heteroatoms. The Hall–Kier alpha value is -2.13. The molecule has 0 amide bonds. The largest absolute Gasteiger partial charge is 0.279 e. The molecule has 0 heterocycles. The van der Waals surface area contributed by atoms with E-state index in [0.29, 0.717) is 0 Å². The normalized spacial score (nSPS) is 11.3. The summed E-state index contributed by atoms with van der Waals surface area (Å²) in [5.41, 5.74) is 5.49. The van der Waals surface area contributed by atoms with Gasteiger partial charge in [-0.1, -0.05) is 30.3 Å². The van der Waals surface area contributed by atoms with Gasteiger partial charge in [0.15, 0.2) is 0 Å². The molecule has 0 aliphatic carbocycles. The Morgan fingerprint density at radius 3 is 2.33 bits per heavy atom. The van der Waals surface area contributed by atoms with Gasteiger partial charge in [0.1, 0.15) is 5.82 Å². The van der Waals surface area contributed by atoms with E-state index in [-0.39, 0.29) is 5.82 Å². The van der Waals surface area contributed by atoms with Crippen molar-refractivity contribution in [3.63, 3.8) is 0 Å². The minimum absolute atomic E-state index is 0.254. The van der Waals surface area contributed by atoms with E-state index in [0.717, 1.165) is 16.8 Å². The minimum atomic E-state index is -0.254. The summed E-state index contributed by atoms with van der Waals surface area (Å²) in [5.74, 6) is -0.254. The van der Waals surface area contributed by atoms with Crippen LogP contribution < -0.4 is 5.48 Å². The molecule has 0 unspecified atom stereocenters. The first-order valence-corrected chi connectivity index (χ1v) is 5.61. The third kappa shape index (κ3) is 3.18. The van der Waals surface area contributed by atoms with Gasteiger partial charge in [0, 0.05) is 5.56 Å². The fourth-order valence-electron chi connectivity index (χ4n) is 1.63. The highest BCUT2D eigenvalue weighted by atomic mass is 19.1. The summed E-state index contributed by atoms with van der Waals surface area (Å²) in [5, 5.41) is 0. The molecular weight excluding hydrogens is 229 g/mol. The van der Waals surface area contributed by atoms with Crippen molar-refractivity contribution >= 4 is 11.8 Å². The number of hydroxylamine groups is 1. The van der Waals surface area contributed by atoms with Crippen molar-refractivity contribution in [1.29, 1.82) is 0 Å². The molecule has 0 fully saturated rings. The van der Waals surface area contributed by atoms with Crippen molar-refractivity contribution in [3.8, 4) is 0 Å². The van der Waals surface area contributed by atoms with Crippen molar-refractivity contribution in [3.05, 3.63) is 71.5 Å². The van der Waals surface area contributed by atoms with Gasteiger partial charge in [-0.3, -0.25) is 10.3 Å². The Kier molecular flexibility index (Phi) is 4.10. The van der Waals surface area contributed by atoms with Crippen LogP contribution in [-0.2, 0) is 4.84 Å². The molecule has 1 N–H and O–H groups in total. The zero-order valence-corrected chi connectivity index (χ0v) is 10.1. The van der Waals surface area contributed by atoms with Gasteiger partial charge in [0.2, 0.25) is 0 Å². The maximum absolute atomic E-state index is 12.9. The summed E-state index contributed by atoms with van der Waals surface area (Å²) in [6.45, 7) is 0. The van der Waals surface area contributed by atoms with Crippen LogP contribution in [0.3, 0.4) is 0 Å². The monoisotopic (exact) mass is 243 g/mol. The topological polar surface area (TPSA) is 21.3 Å². The lowest BCUT2D eigenvalue weighted by Gasteiger charge is -2.09. The molecule has 18 heavy (non-hydrogen) atoms. The zero-order valence-electron chi connectivity index (χ0n) is 10.1. The average molecular weight is 243 g/mol. The van der Waals surface area contributed by atoms with E-state index in [9.17, 15) is 4.39 Å². The summed E-state index contributed by atoms with van der Waals surface area (Å²) < 4.78 is 12.9. The molecule has 0 atom stereocenters. The van der Waals surface area contributed by atoms with Crippen LogP contribution in [0.2, 0.25) is 0 Å². The molecule has 0 bridgehead atoms. The molecule has 2 rings (SSSR count). The number of rotatable bonds is 4. The van der Waals surface area contributed by atoms with Crippen LogP contribution in [0.4, 0.5) is 4.39 Å². The van der Waals surface area contributed by atoms with E-state index in [2.05, 4.69) is 5.48 Å². The molecule has 0 aliphatic heterocycles. The standard InChI is InChI=1S/C15H14FNO/c1-18-17-15(11-12-5-3-2-4-6-12)13-7-9-14(16)10-8-13/h2-11,17H,1H3. The van der Waals surface area contributed by atoms with Crippen molar-refractivity contribution in [2.24, 2.45) is 0 Å². The van der Waals surface area contributed by atoms with Gasteiger partial charge < -0.3 is 0 Å². The molecule has 92 valence electrons. The van der Waals surface area contributed by atoms with Crippen molar-refractivity contribution in [2.75, 3.05) is 7.11 Å². The first-order chi connectivity index (χ1) is 8.79. The van der Waals surface area contributed by atoms with Gasteiger partial charge in [-0.2, -0.15) is 0 Å². The van der Waals surface area contributed by atoms with Crippen LogP contribution in [0.5, 0.6) is 0 Å². The van der Waals surface area contributed by atoms with Gasteiger partial charge in [-0.05, 0) is 35.9 Å². The van der Waals surface area contributed by atoms with E-state index in [1.54, 1.807) is 19.2 Å². The second-order valence-corrected chi connectivity index (χ2v) is 3.78. The summed E-state index contributed by atoms with van der Waals surface area (Å²) in [4.78, 5) is 4.95. The summed E-state index contributed by atoms with van der Waals surface area (Å²) >= 11 is 0. The van der Waals surface area contributed by atoms with E-state index in [4.69, 9.17) is 4.84 Å². The Labute approximate surface area is 106 Å². The van der Waals surface area contributed by atoms with Crippen LogP contribution in [0, 0.1) is 5.82 Å². The maximum Gasteiger partial charge on any atom is 0.123 e. The number of hydrogen-bond donors (Lipinski definition) is 1. The van der Waals surface area contributed by atoms with Crippen LogP contribution in [0.25, 0.3) is 11.8 Å². The fraction of sp³-hybridized carbons (Fsp3) is 0.0667. The van der Waals surface area contributed by atoms with E-state index >= 15 is 0 Å². The Morgan fingerprint density at radius 2 is 1.72 bits per heavy atom. The van der Waals surface area contributed by atoms with E-state index in [1.165, 1.54) is 12.1 Å². The predicted molar refractivity (Wildman–Crippen MR) is 70.9 cm³/mol. The lowest BCUT2D eigenvalue weighted by Crippen LogP contribution is -2.09. The first-order valence-electron chi connectivity index (χ1n) is 5.61. The Bertz CT molecular complexity index is 520. The number of hydrogen-bond acceptors (Lipinski definition) is 2. The van der Waals surface area contributed by atoms with Crippen LogP contribution in [0.1, 0.15) is 11.1 Å². The number of halogens is 1. The highest BCUT2D eigenvalue weighted by molar-refractivity contribution is 5.79. The smallest absolute Gasteiger partial charge is 0.123 e. The molecule has 0 aromatic heterocycles. The third-order valence-electron chi connectivity index (χ3n) is 2.48. The number of nitrogens with one attached hydrogen (secondary N) is 1. The van der Waals surface area contributed by atoms with Crippen LogP contribution in [-0.4, -0.2) is 7.11 Å². The van der Waals surface area contributed by atoms with Gasteiger partial charge in [0.25, 0.3) is 0 Å². The molecular formula is C15H14FNO. The molecule has 0 spiro atoms. The first kappa shape index (κ1) is 12.3. The molecule has 0 saturated heterocycles. The van der Waals surface area contributed by atoms with Gasteiger partial charge >= 0.3 is 0 Å². The Morgan fingerprint density at radius 1 is 1.06 bits per heavy atom. The quantitative estimate of drug-likeness (QED) is 0.655. The molecule has 2 nitrogen and oxygen atoms in total. The summed E-state index contributed by atoms with van der Waals surface area (Å²) in [7, 11) is 1.54. The van der Waals surface area contributed by atoms with Gasteiger partial charge in [-0.25, -0.2) is 4.39 Å². The lowest BCUT2D eigenvalue weighted by molar-refractivity contribution is 0.137. The Balaban J connectivity index is 2.33. The molecule has 0 aliphatic rings. The second kappa shape index (κ2) is 5.98. The highest BCUT2D eigenvalue weighted by Gasteiger charge is 2.01. The van der Waals surface area contributed by atoms with E-state index in [1.807, 2.05) is 36.4 Å². The third-order valence-corrected chi connectivity index (χ3v) is 2.48.